The fraction of sp³-hybridized carbons (Fsp3) is 0.500. The first-order valence-corrected chi connectivity index (χ1v) is 6.48. The third kappa shape index (κ3) is 3.01. The summed E-state index contributed by atoms with van der Waals surface area (Å²) in [4.78, 5) is 0. The van der Waals surface area contributed by atoms with Gasteiger partial charge in [0.1, 0.15) is 11.5 Å². The van der Waals surface area contributed by atoms with Crippen LogP contribution >= 0.6 is 0 Å². The summed E-state index contributed by atoms with van der Waals surface area (Å²) >= 11 is 0. The van der Waals surface area contributed by atoms with Crippen LogP contribution in [-0.4, -0.2) is 16.3 Å². The maximum atomic E-state index is 5.75. The molecule has 2 rings (SSSR count). The van der Waals surface area contributed by atoms with Crippen LogP contribution < -0.4 is 5.32 Å². The van der Waals surface area contributed by atoms with Crippen LogP contribution in [0.1, 0.15) is 36.1 Å². The predicted octanol–water partition coefficient (Wildman–Crippen LogP) is 2.64. The van der Waals surface area contributed by atoms with Crippen molar-refractivity contribution >= 4 is 0 Å². The van der Waals surface area contributed by atoms with Gasteiger partial charge < -0.3 is 9.73 Å². The number of nitrogens with one attached hydrogen (secondary N) is 1. The molecule has 2 heterocycles. The fourth-order valence-electron chi connectivity index (χ4n) is 1.95. The van der Waals surface area contributed by atoms with Gasteiger partial charge in [-0.25, -0.2) is 0 Å². The molecule has 4 nitrogen and oxygen atoms in total. The molecule has 4 heteroatoms. The van der Waals surface area contributed by atoms with Gasteiger partial charge in [0, 0.05) is 17.5 Å². The topological polar surface area (TPSA) is 43.0 Å². The zero-order valence-electron chi connectivity index (χ0n) is 11.4. The lowest BCUT2D eigenvalue weighted by Crippen LogP contribution is -2.13. The monoisotopic (exact) mass is 247 g/mol. The zero-order valence-corrected chi connectivity index (χ0v) is 11.4. The van der Waals surface area contributed by atoms with E-state index in [1.807, 2.05) is 23.9 Å². The van der Waals surface area contributed by atoms with Crippen molar-refractivity contribution in [2.75, 3.05) is 6.54 Å². The highest BCUT2D eigenvalue weighted by atomic mass is 16.3. The lowest BCUT2D eigenvalue weighted by atomic mass is 10.2. The van der Waals surface area contributed by atoms with Gasteiger partial charge in [0.05, 0.1) is 13.1 Å². The molecule has 0 unspecified atom stereocenters. The van der Waals surface area contributed by atoms with E-state index in [-0.39, 0.29) is 0 Å². The summed E-state index contributed by atoms with van der Waals surface area (Å²) in [6, 6.07) is 4.14. The second kappa shape index (κ2) is 5.87. The average Bonchev–Trinajstić information content (AvgIpc) is 2.88. The van der Waals surface area contributed by atoms with Crippen molar-refractivity contribution < 1.29 is 4.42 Å². The Kier molecular flexibility index (Phi) is 4.20. The van der Waals surface area contributed by atoms with Crippen LogP contribution in [0.5, 0.6) is 0 Å². The van der Waals surface area contributed by atoms with E-state index in [0.29, 0.717) is 0 Å². The molecule has 98 valence electrons. The van der Waals surface area contributed by atoms with E-state index in [4.69, 9.17) is 4.42 Å². The third-order valence-electron chi connectivity index (χ3n) is 3.05. The highest BCUT2D eigenvalue weighted by Crippen LogP contribution is 2.16. The Morgan fingerprint density at radius 2 is 2.22 bits per heavy atom. The van der Waals surface area contributed by atoms with Gasteiger partial charge in [0.25, 0.3) is 0 Å². The van der Waals surface area contributed by atoms with Gasteiger partial charge in [-0.15, -0.1) is 0 Å². The van der Waals surface area contributed by atoms with Crippen LogP contribution in [0.2, 0.25) is 0 Å². The smallest absolute Gasteiger partial charge is 0.118 e. The van der Waals surface area contributed by atoms with Gasteiger partial charge in [0.2, 0.25) is 0 Å². The zero-order chi connectivity index (χ0) is 13.0. The van der Waals surface area contributed by atoms with E-state index in [2.05, 4.69) is 30.3 Å². The Hall–Kier alpha value is -1.55. The highest BCUT2D eigenvalue weighted by Gasteiger charge is 2.08. The Balaban J connectivity index is 2.03. The molecule has 2 aromatic rings. The molecule has 0 amide bonds. The van der Waals surface area contributed by atoms with Crippen LogP contribution in [0.3, 0.4) is 0 Å². The predicted molar refractivity (Wildman–Crippen MR) is 71.5 cm³/mol. The van der Waals surface area contributed by atoms with Crippen LogP contribution in [0.4, 0.5) is 0 Å². The van der Waals surface area contributed by atoms with Crippen molar-refractivity contribution in [1.29, 1.82) is 0 Å². The van der Waals surface area contributed by atoms with Gasteiger partial charge in [-0.2, -0.15) is 5.10 Å². The number of rotatable bonds is 6. The molecule has 2 aromatic heterocycles. The van der Waals surface area contributed by atoms with Crippen LogP contribution in [0.15, 0.2) is 22.7 Å². The third-order valence-corrected chi connectivity index (χ3v) is 3.05. The first kappa shape index (κ1) is 12.9. The number of nitrogens with zero attached hydrogens (tertiary/aromatic N) is 2. The van der Waals surface area contributed by atoms with Crippen molar-refractivity contribution in [2.24, 2.45) is 0 Å². The van der Waals surface area contributed by atoms with E-state index in [1.165, 1.54) is 11.3 Å². The summed E-state index contributed by atoms with van der Waals surface area (Å²) in [5.41, 5.74) is 2.37. The number of hydrogen-bond acceptors (Lipinski definition) is 3. The van der Waals surface area contributed by atoms with Crippen LogP contribution in [0, 0.1) is 13.8 Å². The summed E-state index contributed by atoms with van der Waals surface area (Å²) in [7, 11) is 0. The number of aryl methyl sites for hydroxylation is 2. The standard InChI is InChI=1S/C14H21N3O/c1-4-6-15-9-14-8-13(12(3)18-14)10-17-11(2)5-7-16-17/h5,7-8,15H,4,6,9-10H2,1-3H3. The number of furan rings is 1. The molecular weight excluding hydrogens is 226 g/mol. The second-order valence-corrected chi connectivity index (χ2v) is 4.60. The van der Waals surface area contributed by atoms with Crippen molar-refractivity contribution in [3.8, 4) is 0 Å². The van der Waals surface area contributed by atoms with Gasteiger partial charge in [-0.05, 0) is 38.9 Å². The molecule has 0 spiro atoms. The Morgan fingerprint density at radius 3 is 2.89 bits per heavy atom. The normalized spacial score (nSPS) is 11.1. The van der Waals surface area contributed by atoms with E-state index in [0.717, 1.165) is 37.6 Å². The molecular formula is C14H21N3O. The molecule has 0 aliphatic carbocycles. The molecule has 0 radical (unpaired) electrons. The number of hydrogen-bond donors (Lipinski definition) is 1. The molecule has 0 aliphatic rings. The lowest BCUT2D eigenvalue weighted by Gasteiger charge is -2.02. The van der Waals surface area contributed by atoms with Crippen molar-refractivity contribution in [1.82, 2.24) is 15.1 Å². The van der Waals surface area contributed by atoms with Crippen LogP contribution in [0.25, 0.3) is 0 Å². The fourth-order valence-corrected chi connectivity index (χ4v) is 1.95. The van der Waals surface area contributed by atoms with Crippen molar-refractivity contribution in [3.63, 3.8) is 0 Å². The van der Waals surface area contributed by atoms with E-state index in [9.17, 15) is 0 Å². The quantitative estimate of drug-likeness (QED) is 0.798. The maximum Gasteiger partial charge on any atom is 0.118 e. The van der Waals surface area contributed by atoms with Gasteiger partial charge >= 0.3 is 0 Å². The SMILES string of the molecule is CCCNCc1cc(Cn2nccc2C)c(C)o1. The first-order valence-electron chi connectivity index (χ1n) is 6.48. The second-order valence-electron chi connectivity index (χ2n) is 4.60. The molecule has 18 heavy (non-hydrogen) atoms. The molecule has 0 atom stereocenters. The number of aromatic nitrogens is 2. The van der Waals surface area contributed by atoms with Crippen LogP contribution in [-0.2, 0) is 13.1 Å². The molecule has 0 aliphatic heterocycles. The molecule has 0 fully saturated rings. The Bertz CT molecular complexity index is 499. The highest BCUT2D eigenvalue weighted by molar-refractivity contribution is 5.21. The minimum atomic E-state index is 0.780. The summed E-state index contributed by atoms with van der Waals surface area (Å²) in [6.07, 6.45) is 2.97. The van der Waals surface area contributed by atoms with Gasteiger partial charge in [-0.3, -0.25) is 4.68 Å². The molecule has 0 aromatic carbocycles. The summed E-state index contributed by atoms with van der Waals surface area (Å²) in [6.45, 7) is 8.83. The lowest BCUT2D eigenvalue weighted by molar-refractivity contribution is 0.458. The van der Waals surface area contributed by atoms with E-state index < -0.39 is 0 Å². The van der Waals surface area contributed by atoms with E-state index >= 15 is 0 Å². The maximum absolute atomic E-state index is 5.75. The summed E-state index contributed by atoms with van der Waals surface area (Å²) in [5.74, 6) is 1.99. The molecule has 0 saturated carbocycles. The summed E-state index contributed by atoms with van der Waals surface area (Å²) < 4.78 is 7.73. The van der Waals surface area contributed by atoms with Gasteiger partial charge in [0.15, 0.2) is 0 Å². The average molecular weight is 247 g/mol. The Labute approximate surface area is 108 Å². The minimum absolute atomic E-state index is 0.780. The first-order chi connectivity index (χ1) is 8.70. The molecule has 1 N–H and O–H groups in total. The molecule has 0 saturated heterocycles. The van der Waals surface area contributed by atoms with Crippen molar-refractivity contribution in [3.05, 3.63) is 41.1 Å². The summed E-state index contributed by atoms with van der Waals surface area (Å²) in [5, 5.41) is 7.64. The largest absolute Gasteiger partial charge is 0.465 e. The van der Waals surface area contributed by atoms with E-state index in [1.54, 1.807) is 0 Å². The minimum Gasteiger partial charge on any atom is -0.465 e. The molecule has 0 bridgehead atoms. The van der Waals surface area contributed by atoms with Gasteiger partial charge in [-0.1, -0.05) is 6.92 Å². The van der Waals surface area contributed by atoms with Crippen molar-refractivity contribution in [2.45, 2.75) is 40.3 Å². The Morgan fingerprint density at radius 1 is 1.39 bits per heavy atom.